The predicted octanol–water partition coefficient (Wildman–Crippen LogP) is 3.51. The monoisotopic (exact) mass is 333 g/mol. The first kappa shape index (κ1) is 18.0. The molecular weight excluding hydrogens is 314 g/mol. The van der Waals surface area contributed by atoms with Crippen molar-refractivity contribution in [1.82, 2.24) is 4.90 Å². The van der Waals surface area contributed by atoms with Gasteiger partial charge in [0.2, 0.25) is 0 Å². The third-order valence-corrected chi connectivity index (χ3v) is 3.93. The van der Waals surface area contributed by atoms with E-state index < -0.39 is 0 Å². The van der Waals surface area contributed by atoms with Crippen molar-refractivity contribution in [3.63, 3.8) is 0 Å². The molecule has 5 nitrogen and oxygen atoms in total. The van der Waals surface area contributed by atoms with Gasteiger partial charge in [-0.25, -0.2) is 0 Å². The van der Waals surface area contributed by atoms with Crippen LogP contribution >= 0.6 is 0 Å². The van der Waals surface area contributed by atoms with Gasteiger partial charge in [0.25, 0.3) is 5.91 Å². The highest BCUT2D eigenvalue weighted by Crippen LogP contribution is 2.16. The molecule has 0 fully saturated rings. The van der Waals surface area contributed by atoms with E-state index in [9.17, 15) is 4.79 Å². The molecule has 126 valence electrons. The zero-order valence-electron chi connectivity index (χ0n) is 14.3. The maximum atomic E-state index is 12.5. The van der Waals surface area contributed by atoms with Crippen LogP contribution in [0.2, 0.25) is 0 Å². The molecule has 0 N–H and O–H groups in total. The smallest absolute Gasteiger partial charge is 0.253 e. The normalized spacial score (nSPS) is 11.0. The Morgan fingerprint density at radius 2 is 1.92 bits per heavy atom. The topological polar surface area (TPSA) is 77.1 Å². The lowest BCUT2D eigenvalue weighted by atomic mass is 10.1. The average Bonchev–Trinajstić information content (AvgIpc) is 2.66. The number of nitriles is 2. The lowest BCUT2D eigenvalue weighted by Gasteiger charge is -2.23. The van der Waals surface area contributed by atoms with Crippen LogP contribution in [0.5, 0.6) is 5.75 Å². The molecule has 0 heterocycles. The summed E-state index contributed by atoms with van der Waals surface area (Å²) >= 11 is 0. The summed E-state index contributed by atoms with van der Waals surface area (Å²) in [6.07, 6.45) is 0.295. The van der Waals surface area contributed by atoms with Crippen molar-refractivity contribution in [2.24, 2.45) is 0 Å². The van der Waals surface area contributed by atoms with Crippen LogP contribution < -0.4 is 4.74 Å². The van der Waals surface area contributed by atoms with E-state index in [1.165, 1.54) is 0 Å². The van der Waals surface area contributed by atoms with Gasteiger partial charge in [-0.3, -0.25) is 4.79 Å². The van der Waals surface area contributed by atoms with Crippen LogP contribution in [0.25, 0.3) is 0 Å². The summed E-state index contributed by atoms with van der Waals surface area (Å²) in [7, 11) is 1.70. The van der Waals surface area contributed by atoms with Crippen LogP contribution in [0.15, 0.2) is 48.5 Å². The fourth-order valence-electron chi connectivity index (χ4n) is 2.26. The predicted molar refractivity (Wildman–Crippen MR) is 93.7 cm³/mol. The highest BCUT2D eigenvalue weighted by atomic mass is 16.5. The van der Waals surface area contributed by atoms with E-state index in [-0.39, 0.29) is 11.9 Å². The molecule has 0 radical (unpaired) electrons. The van der Waals surface area contributed by atoms with Crippen molar-refractivity contribution in [2.45, 2.75) is 26.0 Å². The zero-order valence-corrected chi connectivity index (χ0v) is 14.3. The minimum Gasteiger partial charge on any atom is -0.489 e. The first-order valence-corrected chi connectivity index (χ1v) is 7.91. The first-order chi connectivity index (χ1) is 12.0. The summed E-state index contributed by atoms with van der Waals surface area (Å²) in [5.41, 5.74) is 2.01. The van der Waals surface area contributed by atoms with E-state index >= 15 is 0 Å². The van der Waals surface area contributed by atoms with Gasteiger partial charge in [-0.2, -0.15) is 10.5 Å². The Labute approximate surface area is 147 Å². The molecule has 1 atom stereocenters. The fourth-order valence-corrected chi connectivity index (χ4v) is 2.26. The maximum Gasteiger partial charge on any atom is 0.253 e. The van der Waals surface area contributed by atoms with Crippen molar-refractivity contribution in [3.05, 3.63) is 65.2 Å². The average molecular weight is 333 g/mol. The van der Waals surface area contributed by atoms with Crippen LogP contribution in [-0.4, -0.2) is 23.9 Å². The fraction of sp³-hybridized carbons (Fsp3) is 0.250. The van der Waals surface area contributed by atoms with Gasteiger partial charge in [-0.15, -0.1) is 0 Å². The largest absolute Gasteiger partial charge is 0.489 e. The number of ether oxygens (including phenoxy) is 1. The third kappa shape index (κ3) is 4.83. The van der Waals surface area contributed by atoms with Crippen molar-refractivity contribution in [3.8, 4) is 17.9 Å². The molecule has 1 unspecified atom stereocenters. The van der Waals surface area contributed by atoms with Crippen molar-refractivity contribution < 1.29 is 9.53 Å². The number of nitrogens with zero attached hydrogens (tertiary/aromatic N) is 3. The minimum atomic E-state index is -0.143. The Kier molecular flexibility index (Phi) is 6.14. The molecule has 0 spiro atoms. The molecule has 0 aromatic heterocycles. The SMILES string of the molecule is CC(CC#N)N(C)C(=O)c1cccc(COc2ccc(C#N)cc2)c1. The molecular formula is C20H19N3O2. The Morgan fingerprint density at radius 1 is 1.20 bits per heavy atom. The molecule has 0 aliphatic carbocycles. The summed E-state index contributed by atoms with van der Waals surface area (Å²) < 4.78 is 5.70. The van der Waals surface area contributed by atoms with Crippen molar-refractivity contribution in [2.75, 3.05) is 7.05 Å². The Balaban J connectivity index is 2.04. The number of hydrogen-bond acceptors (Lipinski definition) is 4. The number of benzene rings is 2. The lowest BCUT2D eigenvalue weighted by Crippen LogP contribution is -2.34. The summed E-state index contributed by atoms with van der Waals surface area (Å²) in [4.78, 5) is 14.1. The molecule has 2 aromatic carbocycles. The van der Waals surface area contributed by atoms with Gasteiger partial charge in [-0.1, -0.05) is 12.1 Å². The van der Waals surface area contributed by atoms with Gasteiger partial charge >= 0.3 is 0 Å². The highest BCUT2D eigenvalue weighted by Gasteiger charge is 2.17. The van der Waals surface area contributed by atoms with Crippen LogP contribution in [0.1, 0.15) is 34.8 Å². The molecule has 0 aliphatic rings. The van der Waals surface area contributed by atoms with Gasteiger partial charge in [0.15, 0.2) is 0 Å². The molecule has 25 heavy (non-hydrogen) atoms. The van der Waals surface area contributed by atoms with Gasteiger partial charge in [0, 0.05) is 18.7 Å². The van der Waals surface area contributed by atoms with Crippen LogP contribution in [0.3, 0.4) is 0 Å². The van der Waals surface area contributed by atoms with Gasteiger partial charge in [0.05, 0.1) is 24.1 Å². The van der Waals surface area contributed by atoms with Gasteiger partial charge in [0.1, 0.15) is 12.4 Å². The Hall–Kier alpha value is -3.31. The quantitative estimate of drug-likeness (QED) is 0.810. The van der Waals surface area contributed by atoms with Crippen LogP contribution in [0, 0.1) is 22.7 Å². The van der Waals surface area contributed by atoms with Crippen molar-refractivity contribution >= 4 is 5.91 Å². The second-order valence-electron chi connectivity index (χ2n) is 5.75. The highest BCUT2D eigenvalue weighted by molar-refractivity contribution is 5.94. The molecule has 0 aliphatic heterocycles. The molecule has 2 rings (SSSR count). The molecule has 2 aromatic rings. The number of rotatable bonds is 6. The van der Waals surface area contributed by atoms with E-state index in [0.29, 0.717) is 29.9 Å². The number of carbonyl (C=O) groups excluding carboxylic acids is 1. The van der Waals surface area contributed by atoms with Crippen molar-refractivity contribution in [1.29, 1.82) is 10.5 Å². The van der Waals surface area contributed by atoms with E-state index in [1.807, 2.05) is 19.1 Å². The first-order valence-electron chi connectivity index (χ1n) is 7.91. The molecule has 0 saturated carbocycles. The second-order valence-corrected chi connectivity index (χ2v) is 5.75. The third-order valence-electron chi connectivity index (χ3n) is 3.93. The van der Waals surface area contributed by atoms with E-state index in [1.54, 1.807) is 48.3 Å². The number of carbonyl (C=O) groups is 1. The standard InChI is InChI=1S/C20H19N3O2/c1-15(10-11-21)23(2)20(24)18-5-3-4-17(12-18)14-25-19-8-6-16(13-22)7-9-19/h3-9,12,15H,10,14H2,1-2H3. The molecule has 0 bridgehead atoms. The zero-order chi connectivity index (χ0) is 18.2. The van der Waals surface area contributed by atoms with Crippen LogP contribution in [0.4, 0.5) is 0 Å². The van der Waals surface area contributed by atoms with Gasteiger partial charge < -0.3 is 9.64 Å². The summed E-state index contributed by atoms with van der Waals surface area (Å²) in [6.45, 7) is 2.17. The van der Waals surface area contributed by atoms with Gasteiger partial charge in [-0.05, 0) is 48.9 Å². The van der Waals surface area contributed by atoms with E-state index in [4.69, 9.17) is 15.3 Å². The molecule has 1 amide bonds. The summed E-state index contributed by atoms with van der Waals surface area (Å²) in [6, 6.07) is 18.1. The number of hydrogen-bond donors (Lipinski definition) is 0. The van der Waals surface area contributed by atoms with E-state index in [2.05, 4.69) is 12.1 Å². The summed E-state index contributed by atoms with van der Waals surface area (Å²) in [5.74, 6) is 0.540. The Morgan fingerprint density at radius 3 is 2.56 bits per heavy atom. The van der Waals surface area contributed by atoms with E-state index in [0.717, 1.165) is 5.56 Å². The van der Waals surface area contributed by atoms with Crippen LogP contribution in [-0.2, 0) is 6.61 Å². The second kappa shape index (κ2) is 8.52. The molecule has 0 saturated heterocycles. The number of amides is 1. The maximum absolute atomic E-state index is 12.5. The Bertz CT molecular complexity index is 816. The minimum absolute atomic E-state index is 0.122. The molecule has 5 heteroatoms. The lowest BCUT2D eigenvalue weighted by molar-refractivity contribution is 0.0746. The summed E-state index contributed by atoms with van der Waals surface area (Å²) in [5, 5.41) is 17.6.